The third-order valence-electron chi connectivity index (χ3n) is 3.07. The van der Waals surface area contributed by atoms with Gasteiger partial charge in [-0.2, -0.15) is 0 Å². The van der Waals surface area contributed by atoms with Gasteiger partial charge in [-0.3, -0.25) is 4.79 Å². The number of ketones is 1. The number of rotatable bonds is 3. The monoisotopic (exact) mass is 227 g/mol. The summed E-state index contributed by atoms with van der Waals surface area (Å²) in [6.45, 7) is 1.10. The zero-order valence-corrected chi connectivity index (χ0v) is 9.60. The van der Waals surface area contributed by atoms with Gasteiger partial charge in [0.05, 0.1) is 19.3 Å². The number of carbonyl (C=O) groups excluding carboxylic acids is 1. The van der Waals surface area contributed by atoms with Crippen molar-refractivity contribution in [2.24, 2.45) is 0 Å². The van der Waals surface area contributed by atoms with Crippen LogP contribution in [0.4, 0.5) is 0 Å². The predicted molar refractivity (Wildman–Crippen MR) is 65.0 cm³/mol. The van der Waals surface area contributed by atoms with E-state index in [-0.39, 0.29) is 5.78 Å². The predicted octanol–water partition coefficient (Wildman–Crippen LogP) is 1.31. The van der Waals surface area contributed by atoms with E-state index in [0.717, 1.165) is 17.9 Å². The molecule has 0 radical (unpaired) electrons. The Kier molecular flexibility index (Phi) is 2.30. The van der Waals surface area contributed by atoms with E-state index in [1.807, 2.05) is 22.8 Å². The van der Waals surface area contributed by atoms with Gasteiger partial charge in [0.1, 0.15) is 11.5 Å². The number of likely N-dealkylation sites (N-methyl/N-ethyl adjacent to an activating group) is 1. The summed E-state index contributed by atoms with van der Waals surface area (Å²) in [7, 11) is 1.77. The minimum atomic E-state index is 0.0825. The first-order valence-corrected chi connectivity index (χ1v) is 5.63. The standard InChI is InChI=1S/C13H13N3O/c1-14-7-12(17)11-6-15-13-10-5-3-2-4-9(10)8-16(11)13/h2-6,14H,7-8H2,1H3. The van der Waals surface area contributed by atoms with E-state index in [4.69, 9.17) is 0 Å². The second-order valence-corrected chi connectivity index (χ2v) is 4.16. The molecule has 1 aromatic heterocycles. The number of imidazole rings is 1. The molecule has 2 aromatic rings. The van der Waals surface area contributed by atoms with Gasteiger partial charge in [0, 0.05) is 5.56 Å². The molecule has 0 amide bonds. The molecule has 0 saturated heterocycles. The Morgan fingerprint density at radius 1 is 1.47 bits per heavy atom. The van der Waals surface area contributed by atoms with Crippen molar-refractivity contribution < 1.29 is 4.79 Å². The molecule has 0 aliphatic carbocycles. The van der Waals surface area contributed by atoms with Crippen LogP contribution in [0.3, 0.4) is 0 Å². The first-order chi connectivity index (χ1) is 8.31. The van der Waals surface area contributed by atoms with Crippen molar-refractivity contribution in [3.05, 3.63) is 41.7 Å². The number of hydrogen-bond acceptors (Lipinski definition) is 3. The average Bonchev–Trinajstić information content (AvgIpc) is 2.87. The Labute approximate surface area is 99.3 Å². The zero-order chi connectivity index (χ0) is 11.8. The highest BCUT2D eigenvalue weighted by Gasteiger charge is 2.24. The number of nitrogens with one attached hydrogen (secondary N) is 1. The van der Waals surface area contributed by atoms with Gasteiger partial charge in [0.2, 0.25) is 0 Å². The molecule has 1 aliphatic rings. The molecule has 3 rings (SSSR count). The average molecular weight is 227 g/mol. The fourth-order valence-corrected chi connectivity index (χ4v) is 2.27. The van der Waals surface area contributed by atoms with Crippen molar-refractivity contribution >= 4 is 5.78 Å². The summed E-state index contributed by atoms with van der Waals surface area (Å²) in [5.41, 5.74) is 3.05. The van der Waals surface area contributed by atoms with Crippen molar-refractivity contribution in [2.75, 3.05) is 13.6 Å². The van der Waals surface area contributed by atoms with Crippen LogP contribution in [0.5, 0.6) is 0 Å². The summed E-state index contributed by atoms with van der Waals surface area (Å²) in [6.07, 6.45) is 1.67. The molecule has 17 heavy (non-hydrogen) atoms. The van der Waals surface area contributed by atoms with Crippen molar-refractivity contribution in [1.29, 1.82) is 0 Å². The van der Waals surface area contributed by atoms with Crippen LogP contribution in [-0.2, 0) is 6.54 Å². The van der Waals surface area contributed by atoms with Crippen LogP contribution < -0.4 is 5.32 Å². The number of fused-ring (bicyclic) bond motifs is 3. The minimum Gasteiger partial charge on any atom is -0.317 e. The highest BCUT2D eigenvalue weighted by molar-refractivity contribution is 5.97. The molecule has 4 nitrogen and oxygen atoms in total. The van der Waals surface area contributed by atoms with Gasteiger partial charge in [0.25, 0.3) is 0 Å². The zero-order valence-electron chi connectivity index (χ0n) is 9.60. The number of carbonyl (C=O) groups is 1. The number of benzene rings is 1. The molecule has 86 valence electrons. The van der Waals surface area contributed by atoms with E-state index in [2.05, 4.69) is 16.4 Å². The van der Waals surface area contributed by atoms with Gasteiger partial charge in [-0.25, -0.2) is 4.98 Å². The van der Waals surface area contributed by atoms with E-state index >= 15 is 0 Å². The second kappa shape index (κ2) is 3.82. The Morgan fingerprint density at radius 2 is 2.29 bits per heavy atom. The molecular formula is C13H13N3O. The van der Waals surface area contributed by atoms with Crippen molar-refractivity contribution in [2.45, 2.75) is 6.54 Å². The number of aromatic nitrogens is 2. The van der Waals surface area contributed by atoms with Crippen LogP contribution in [-0.4, -0.2) is 28.9 Å². The van der Waals surface area contributed by atoms with Gasteiger partial charge in [-0.05, 0) is 12.6 Å². The van der Waals surface area contributed by atoms with E-state index in [0.29, 0.717) is 12.2 Å². The maximum Gasteiger partial charge on any atom is 0.194 e. The maximum absolute atomic E-state index is 11.9. The van der Waals surface area contributed by atoms with E-state index < -0.39 is 0 Å². The lowest BCUT2D eigenvalue weighted by Gasteiger charge is -2.03. The third kappa shape index (κ3) is 1.49. The first-order valence-electron chi connectivity index (χ1n) is 5.63. The fraction of sp³-hybridized carbons (Fsp3) is 0.231. The van der Waals surface area contributed by atoms with Gasteiger partial charge in [-0.15, -0.1) is 0 Å². The normalized spacial score (nSPS) is 12.3. The van der Waals surface area contributed by atoms with Crippen LogP contribution in [0.25, 0.3) is 11.4 Å². The molecule has 0 saturated carbocycles. The minimum absolute atomic E-state index is 0.0825. The molecule has 0 spiro atoms. The molecular weight excluding hydrogens is 214 g/mol. The van der Waals surface area contributed by atoms with Gasteiger partial charge in [-0.1, -0.05) is 24.3 Å². The summed E-state index contributed by atoms with van der Waals surface area (Å²) in [5.74, 6) is 0.985. The van der Waals surface area contributed by atoms with Crippen molar-refractivity contribution in [3.8, 4) is 11.4 Å². The van der Waals surface area contributed by atoms with E-state index in [9.17, 15) is 4.79 Å². The summed E-state index contributed by atoms with van der Waals surface area (Å²) in [6, 6.07) is 8.14. The van der Waals surface area contributed by atoms with Crippen LogP contribution in [0.2, 0.25) is 0 Å². The van der Waals surface area contributed by atoms with E-state index in [1.54, 1.807) is 13.2 Å². The molecule has 1 N–H and O–H groups in total. The Hall–Kier alpha value is -1.94. The molecule has 0 fully saturated rings. The van der Waals surface area contributed by atoms with Crippen LogP contribution >= 0.6 is 0 Å². The lowest BCUT2D eigenvalue weighted by molar-refractivity contribution is 0.0985. The molecule has 4 heteroatoms. The molecule has 0 atom stereocenters. The highest BCUT2D eigenvalue weighted by Crippen LogP contribution is 2.31. The molecule has 1 aliphatic heterocycles. The lowest BCUT2D eigenvalue weighted by atomic mass is 10.1. The summed E-state index contributed by atoms with van der Waals surface area (Å²) < 4.78 is 1.99. The number of nitrogens with zero attached hydrogens (tertiary/aromatic N) is 2. The van der Waals surface area contributed by atoms with Gasteiger partial charge < -0.3 is 9.88 Å². The van der Waals surface area contributed by atoms with Gasteiger partial charge in [0.15, 0.2) is 5.78 Å². The summed E-state index contributed by atoms with van der Waals surface area (Å²) in [4.78, 5) is 16.2. The molecule has 0 unspecified atom stereocenters. The molecule has 0 bridgehead atoms. The van der Waals surface area contributed by atoms with Crippen LogP contribution in [0, 0.1) is 0 Å². The molecule has 1 aromatic carbocycles. The lowest BCUT2D eigenvalue weighted by Crippen LogP contribution is -2.21. The number of Topliss-reactive ketones (excluding diaryl/α,β-unsaturated/α-hetero) is 1. The van der Waals surface area contributed by atoms with Crippen LogP contribution in [0.15, 0.2) is 30.5 Å². The largest absolute Gasteiger partial charge is 0.317 e. The smallest absolute Gasteiger partial charge is 0.194 e. The molecule has 2 heterocycles. The fourth-order valence-electron chi connectivity index (χ4n) is 2.27. The van der Waals surface area contributed by atoms with Crippen molar-refractivity contribution in [1.82, 2.24) is 14.9 Å². The third-order valence-corrected chi connectivity index (χ3v) is 3.07. The van der Waals surface area contributed by atoms with Crippen molar-refractivity contribution in [3.63, 3.8) is 0 Å². The number of hydrogen-bond donors (Lipinski definition) is 1. The second-order valence-electron chi connectivity index (χ2n) is 4.16. The van der Waals surface area contributed by atoms with Crippen LogP contribution in [0.1, 0.15) is 16.1 Å². The quantitative estimate of drug-likeness (QED) is 0.686. The van der Waals surface area contributed by atoms with E-state index in [1.165, 1.54) is 5.56 Å². The maximum atomic E-state index is 11.9. The summed E-state index contributed by atoms with van der Waals surface area (Å²) >= 11 is 0. The Bertz CT molecular complexity index is 586. The topological polar surface area (TPSA) is 46.9 Å². The van der Waals surface area contributed by atoms with Gasteiger partial charge >= 0.3 is 0 Å². The summed E-state index contributed by atoms with van der Waals surface area (Å²) in [5, 5.41) is 2.88. The highest BCUT2D eigenvalue weighted by atomic mass is 16.1. The Morgan fingerprint density at radius 3 is 3.12 bits per heavy atom. The Balaban J connectivity index is 2.05. The first kappa shape index (κ1) is 10.2. The SMILES string of the molecule is CNCC(=O)c1cnc2n1Cc1ccccc1-2.